The predicted octanol–water partition coefficient (Wildman–Crippen LogP) is 1.81. The normalized spacial score (nSPS) is 22.9. The van der Waals surface area contributed by atoms with Crippen LogP contribution in [0.5, 0.6) is 0 Å². The summed E-state index contributed by atoms with van der Waals surface area (Å²) in [7, 11) is 0. The van der Waals surface area contributed by atoms with Gasteiger partial charge in [0.15, 0.2) is 0 Å². The highest BCUT2D eigenvalue weighted by Gasteiger charge is 2.15. The SMILES string of the molecule is CCN(CCCF)CC1CCCCN1. The third-order valence-electron chi connectivity index (χ3n) is 2.95. The van der Waals surface area contributed by atoms with Gasteiger partial charge in [-0.15, -0.1) is 0 Å². The van der Waals surface area contributed by atoms with E-state index in [1.807, 2.05) is 0 Å². The van der Waals surface area contributed by atoms with Gasteiger partial charge in [-0.2, -0.15) is 0 Å². The Morgan fingerprint density at radius 2 is 2.29 bits per heavy atom. The Kier molecular flexibility index (Phi) is 6.12. The maximum Gasteiger partial charge on any atom is 0.0906 e. The van der Waals surface area contributed by atoms with Crippen molar-refractivity contribution in [3.63, 3.8) is 0 Å². The van der Waals surface area contributed by atoms with Crippen LogP contribution in [0.2, 0.25) is 0 Å². The highest BCUT2D eigenvalue weighted by molar-refractivity contribution is 4.75. The maximum absolute atomic E-state index is 12.0. The van der Waals surface area contributed by atoms with E-state index in [4.69, 9.17) is 0 Å². The van der Waals surface area contributed by atoms with Gasteiger partial charge in [0.1, 0.15) is 0 Å². The third kappa shape index (κ3) is 4.38. The first kappa shape index (κ1) is 11.9. The molecule has 0 spiro atoms. The summed E-state index contributed by atoms with van der Waals surface area (Å²) in [5, 5.41) is 3.52. The number of nitrogens with zero attached hydrogens (tertiary/aromatic N) is 1. The van der Waals surface area contributed by atoms with Crippen LogP contribution in [0.25, 0.3) is 0 Å². The standard InChI is InChI=1S/C11H23FN2/c1-2-14(9-5-7-12)10-11-6-3-4-8-13-11/h11,13H,2-10H2,1H3. The molecule has 1 heterocycles. The van der Waals surface area contributed by atoms with E-state index in [0.717, 1.165) is 26.2 Å². The lowest BCUT2D eigenvalue weighted by atomic mass is 10.0. The molecule has 1 unspecified atom stereocenters. The summed E-state index contributed by atoms with van der Waals surface area (Å²) in [5.41, 5.74) is 0. The van der Waals surface area contributed by atoms with Crippen LogP contribution in [0.3, 0.4) is 0 Å². The van der Waals surface area contributed by atoms with Crippen LogP contribution in [0.4, 0.5) is 4.39 Å². The predicted molar refractivity (Wildman–Crippen MR) is 58.3 cm³/mol. The minimum Gasteiger partial charge on any atom is -0.313 e. The second kappa shape index (κ2) is 7.18. The molecule has 3 heteroatoms. The monoisotopic (exact) mass is 202 g/mol. The van der Waals surface area contributed by atoms with E-state index in [-0.39, 0.29) is 6.67 Å². The largest absolute Gasteiger partial charge is 0.313 e. The molecule has 1 saturated heterocycles. The lowest BCUT2D eigenvalue weighted by molar-refractivity contribution is 0.224. The molecule has 2 nitrogen and oxygen atoms in total. The van der Waals surface area contributed by atoms with E-state index >= 15 is 0 Å². The minimum absolute atomic E-state index is 0.186. The molecule has 0 aromatic heterocycles. The number of hydrogen-bond acceptors (Lipinski definition) is 2. The molecule has 1 fully saturated rings. The smallest absolute Gasteiger partial charge is 0.0906 e. The fraction of sp³-hybridized carbons (Fsp3) is 1.00. The van der Waals surface area contributed by atoms with E-state index in [0.29, 0.717) is 12.5 Å². The highest BCUT2D eigenvalue weighted by Crippen LogP contribution is 2.08. The van der Waals surface area contributed by atoms with Gasteiger partial charge in [0, 0.05) is 19.1 Å². The summed E-state index contributed by atoms with van der Waals surface area (Å²) < 4.78 is 12.0. The number of rotatable bonds is 6. The zero-order valence-corrected chi connectivity index (χ0v) is 9.27. The maximum atomic E-state index is 12.0. The summed E-state index contributed by atoms with van der Waals surface area (Å²) in [6.07, 6.45) is 4.62. The van der Waals surface area contributed by atoms with Crippen LogP contribution < -0.4 is 5.32 Å². The Balaban J connectivity index is 2.16. The van der Waals surface area contributed by atoms with Crippen molar-refractivity contribution in [3.8, 4) is 0 Å². The van der Waals surface area contributed by atoms with Crippen molar-refractivity contribution in [2.75, 3.05) is 32.9 Å². The van der Waals surface area contributed by atoms with E-state index in [1.165, 1.54) is 19.3 Å². The lowest BCUT2D eigenvalue weighted by Gasteiger charge is -2.29. The molecule has 0 bridgehead atoms. The van der Waals surface area contributed by atoms with Crippen molar-refractivity contribution < 1.29 is 4.39 Å². The van der Waals surface area contributed by atoms with Crippen molar-refractivity contribution in [2.24, 2.45) is 0 Å². The summed E-state index contributed by atoms with van der Waals surface area (Å²) in [6, 6.07) is 0.642. The molecule has 84 valence electrons. The molecule has 0 aliphatic carbocycles. The molecule has 1 atom stereocenters. The molecule has 0 saturated carbocycles. The van der Waals surface area contributed by atoms with Gasteiger partial charge in [0.2, 0.25) is 0 Å². The Labute approximate surface area is 86.9 Å². The first-order chi connectivity index (χ1) is 6.86. The minimum atomic E-state index is -0.186. The zero-order valence-electron chi connectivity index (χ0n) is 9.27. The number of piperidine rings is 1. The van der Waals surface area contributed by atoms with Gasteiger partial charge < -0.3 is 10.2 Å². The molecule has 1 N–H and O–H groups in total. The van der Waals surface area contributed by atoms with Crippen LogP contribution in [0.1, 0.15) is 32.6 Å². The van der Waals surface area contributed by atoms with Gasteiger partial charge in [-0.25, -0.2) is 0 Å². The first-order valence-corrected chi connectivity index (χ1v) is 5.88. The van der Waals surface area contributed by atoms with E-state index in [9.17, 15) is 4.39 Å². The van der Waals surface area contributed by atoms with Crippen molar-refractivity contribution in [3.05, 3.63) is 0 Å². The van der Waals surface area contributed by atoms with Gasteiger partial charge in [0.05, 0.1) is 6.67 Å². The molecule has 0 amide bonds. The Hall–Kier alpha value is -0.150. The van der Waals surface area contributed by atoms with Gasteiger partial charge in [0.25, 0.3) is 0 Å². The van der Waals surface area contributed by atoms with Crippen LogP contribution in [0, 0.1) is 0 Å². The second-order valence-corrected chi connectivity index (χ2v) is 4.08. The molecular weight excluding hydrogens is 179 g/mol. The molecule has 1 rings (SSSR count). The lowest BCUT2D eigenvalue weighted by Crippen LogP contribution is -2.43. The Morgan fingerprint density at radius 1 is 1.43 bits per heavy atom. The van der Waals surface area contributed by atoms with Crippen molar-refractivity contribution in [1.82, 2.24) is 10.2 Å². The van der Waals surface area contributed by atoms with Crippen molar-refractivity contribution >= 4 is 0 Å². The summed E-state index contributed by atoms with van der Waals surface area (Å²) in [4.78, 5) is 2.35. The summed E-state index contributed by atoms with van der Waals surface area (Å²) in [6.45, 7) is 6.17. The van der Waals surface area contributed by atoms with Crippen LogP contribution in [-0.4, -0.2) is 43.8 Å². The average Bonchev–Trinajstić information content (AvgIpc) is 2.25. The molecular formula is C11H23FN2. The summed E-state index contributed by atoms with van der Waals surface area (Å²) >= 11 is 0. The van der Waals surface area contributed by atoms with Crippen LogP contribution in [0.15, 0.2) is 0 Å². The number of nitrogens with one attached hydrogen (secondary N) is 1. The topological polar surface area (TPSA) is 15.3 Å². The van der Waals surface area contributed by atoms with E-state index in [1.54, 1.807) is 0 Å². The Bertz CT molecular complexity index is 135. The molecule has 1 aliphatic rings. The number of likely N-dealkylation sites (N-methyl/N-ethyl adjacent to an activating group) is 1. The third-order valence-corrected chi connectivity index (χ3v) is 2.95. The quantitative estimate of drug-likeness (QED) is 0.706. The van der Waals surface area contributed by atoms with Crippen molar-refractivity contribution in [2.45, 2.75) is 38.6 Å². The number of halogens is 1. The van der Waals surface area contributed by atoms with Crippen LogP contribution >= 0.6 is 0 Å². The van der Waals surface area contributed by atoms with Gasteiger partial charge in [-0.1, -0.05) is 13.3 Å². The van der Waals surface area contributed by atoms with Gasteiger partial charge in [-0.05, 0) is 32.4 Å². The molecule has 0 aromatic rings. The Morgan fingerprint density at radius 3 is 2.86 bits per heavy atom. The highest BCUT2D eigenvalue weighted by atomic mass is 19.1. The first-order valence-electron chi connectivity index (χ1n) is 5.88. The van der Waals surface area contributed by atoms with Crippen molar-refractivity contribution in [1.29, 1.82) is 0 Å². The molecule has 14 heavy (non-hydrogen) atoms. The van der Waals surface area contributed by atoms with Gasteiger partial charge in [-0.3, -0.25) is 4.39 Å². The second-order valence-electron chi connectivity index (χ2n) is 4.08. The van der Waals surface area contributed by atoms with E-state index in [2.05, 4.69) is 17.1 Å². The molecule has 0 radical (unpaired) electrons. The summed E-state index contributed by atoms with van der Waals surface area (Å²) in [5.74, 6) is 0. The fourth-order valence-electron chi connectivity index (χ4n) is 2.05. The zero-order chi connectivity index (χ0) is 10.2. The average molecular weight is 202 g/mol. The fourth-order valence-corrected chi connectivity index (χ4v) is 2.05. The molecule has 1 aliphatic heterocycles. The van der Waals surface area contributed by atoms with E-state index < -0.39 is 0 Å². The van der Waals surface area contributed by atoms with Gasteiger partial charge >= 0.3 is 0 Å². The number of hydrogen-bond donors (Lipinski definition) is 1. The molecule has 0 aromatic carbocycles. The van der Waals surface area contributed by atoms with Crippen LogP contribution in [-0.2, 0) is 0 Å². The number of alkyl halides is 1.